The maximum atomic E-state index is 9.57. The van der Waals surface area contributed by atoms with Crippen molar-refractivity contribution < 1.29 is 14.6 Å². The van der Waals surface area contributed by atoms with Crippen molar-refractivity contribution in [2.24, 2.45) is 0 Å². The molecule has 4 heteroatoms. The predicted octanol–water partition coefficient (Wildman–Crippen LogP) is 3.73. The fourth-order valence-corrected chi connectivity index (χ4v) is 1.92. The second-order valence-corrected chi connectivity index (χ2v) is 4.14. The van der Waals surface area contributed by atoms with Crippen LogP contribution in [0.25, 0.3) is 11.1 Å². The molecule has 2 rings (SSSR count). The van der Waals surface area contributed by atoms with Crippen molar-refractivity contribution in [1.82, 2.24) is 0 Å². The van der Waals surface area contributed by atoms with E-state index in [2.05, 4.69) is 0 Å². The second kappa shape index (κ2) is 5.19. The molecule has 0 aliphatic rings. The number of methoxy groups -OCH3 is 2. The molecule has 0 heterocycles. The van der Waals surface area contributed by atoms with Gasteiger partial charge in [0, 0.05) is 10.6 Å². The Morgan fingerprint density at radius 2 is 1.78 bits per heavy atom. The zero-order valence-electron chi connectivity index (χ0n) is 10.1. The third-order valence-electron chi connectivity index (χ3n) is 2.66. The summed E-state index contributed by atoms with van der Waals surface area (Å²) in [6.45, 7) is 0. The van der Waals surface area contributed by atoms with Crippen LogP contribution in [0.3, 0.4) is 0 Å². The number of halogens is 1. The minimum absolute atomic E-state index is 0.0975. The molecule has 0 bridgehead atoms. The van der Waals surface area contributed by atoms with E-state index in [1.165, 1.54) is 7.11 Å². The van der Waals surface area contributed by atoms with Gasteiger partial charge in [-0.25, -0.2) is 0 Å². The van der Waals surface area contributed by atoms with Crippen molar-refractivity contribution >= 4 is 11.6 Å². The third-order valence-corrected chi connectivity index (χ3v) is 2.99. The highest BCUT2D eigenvalue weighted by molar-refractivity contribution is 6.33. The summed E-state index contributed by atoms with van der Waals surface area (Å²) in [5.74, 6) is 1.23. The fraction of sp³-hybridized carbons (Fsp3) is 0.143. The first-order valence-corrected chi connectivity index (χ1v) is 5.74. The number of benzene rings is 2. The first kappa shape index (κ1) is 12.6. The summed E-state index contributed by atoms with van der Waals surface area (Å²) in [6, 6.07) is 10.5. The molecule has 0 fully saturated rings. The largest absolute Gasteiger partial charge is 0.504 e. The zero-order valence-corrected chi connectivity index (χ0v) is 10.9. The molecule has 0 aromatic heterocycles. The molecule has 0 radical (unpaired) electrons. The van der Waals surface area contributed by atoms with Gasteiger partial charge in [-0.15, -0.1) is 0 Å². The molecule has 0 unspecified atom stereocenters. The number of rotatable bonds is 3. The maximum absolute atomic E-state index is 9.57. The smallest absolute Gasteiger partial charge is 0.161 e. The van der Waals surface area contributed by atoms with Crippen molar-refractivity contribution in [2.45, 2.75) is 0 Å². The quantitative estimate of drug-likeness (QED) is 0.918. The van der Waals surface area contributed by atoms with Crippen molar-refractivity contribution in [3.8, 4) is 28.4 Å². The summed E-state index contributed by atoms with van der Waals surface area (Å²) in [4.78, 5) is 0. The van der Waals surface area contributed by atoms with Crippen LogP contribution in [0.4, 0.5) is 0 Å². The SMILES string of the molecule is COc1ccc(Cl)c(-c2ccc(O)c(OC)c2)c1. The molecule has 94 valence electrons. The predicted molar refractivity (Wildman–Crippen MR) is 71.7 cm³/mol. The molecule has 0 saturated heterocycles. The summed E-state index contributed by atoms with van der Waals surface area (Å²) < 4.78 is 10.3. The van der Waals surface area contributed by atoms with Gasteiger partial charge >= 0.3 is 0 Å². The van der Waals surface area contributed by atoms with Crippen LogP contribution < -0.4 is 9.47 Å². The number of hydrogen-bond acceptors (Lipinski definition) is 3. The van der Waals surface area contributed by atoms with E-state index < -0.39 is 0 Å². The molecule has 0 saturated carbocycles. The Kier molecular flexibility index (Phi) is 3.63. The van der Waals surface area contributed by atoms with E-state index in [0.717, 1.165) is 16.9 Å². The zero-order chi connectivity index (χ0) is 13.1. The summed E-state index contributed by atoms with van der Waals surface area (Å²) >= 11 is 6.16. The number of phenolic OH excluding ortho intramolecular Hbond substituents is 1. The average Bonchev–Trinajstić information content (AvgIpc) is 2.40. The minimum atomic E-state index is 0.0975. The topological polar surface area (TPSA) is 38.7 Å². The molecule has 0 aliphatic carbocycles. The average molecular weight is 265 g/mol. The van der Waals surface area contributed by atoms with Gasteiger partial charge in [0.15, 0.2) is 11.5 Å². The summed E-state index contributed by atoms with van der Waals surface area (Å²) in [6.07, 6.45) is 0. The summed E-state index contributed by atoms with van der Waals surface area (Å²) in [5, 5.41) is 10.2. The van der Waals surface area contributed by atoms with E-state index in [-0.39, 0.29) is 5.75 Å². The number of hydrogen-bond donors (Lipinski definition) is 1. The van der Waals surface area contributed by atoms with Crippen LogP contribution >= 0.6 is 11.6 Å². The molecule has 2 aromatic rings. The fourth-order valence-electron chi connectivity index (χ4n) is 1.70. The van der Waals surface area contributed by atoms with Crippen LogP contribution in [0.2, 0.25) is 5.02 Å². The minimum Gasteiger partial charge on any atom is -0.504 e. The van der Waals surface area contributed by atoms with Gasteiger partial charge in [-0.1, -0.05) is 17.7 Å². The molecule has 0 aliphatic heterocycles. The van der Waals surface area contributed by atoms with Crippen molar-refractivity contribution in [3.63, 3.8) is 0 Å². The third kappa shape index (κ3) is 2.36. The molecule has 0 spiro atoms. The summed E-state index contributed by atoms with van der Waals surface area (Å²) in [5.41, 5.74) is 1.68. The Morgan fingerprint density at radius 1 is 1.00 bits per heavy atom. The number of aromatic hydroxyl groups is 1. The van der Waals surface area contributed by atoms with E-state index in [9.17, 15) is 5.11 Å². The van der Waals surface area contributed by atoms with Crippen LogP contribution in [0, 0.1) is 0 Å². The highest BCUT2D eigenvalue weighted by Gasteiger charge is 2.09. The lowest BCUT2D eigenvalue weighted by atomic mass is 10.0. The first-order chi connectivity index (χ1) is 8.65. The Bertz CT molecular complexity index is 567. The number of phenols is 1. The Hall–Kier alpha value is -1.87. The van der Waals surface area contributed by atoms with Gasteiger partial charge in [-0.05, 0) is 35.9 Å². The molecular weight excluding hydrogens is 252 g/mol. The van der Waals surface area contributed by atoms with Gasteiger partial charge in [-0.3, -0.25) is 0 Å². The van der Waals surface area contributed by atoms with E-state index >= 15 is 0 Å². The first-order valence-electron chi connectivity index (χ1n) is 5.36. The molecule has 0 atom stereocenters. The molecule has 1 N–H and O–H groups in total. The lowest BCUT2D eigenvalue weighted by Crippen LogP contribution is -1.88. The Balaban J connectivity index is 2.54. The Morgan fingerprint density at radius 3 is 2.44 bits per heavy atom. The lowest BCUT2D eigenvalue weighted by molar-refractivity contribution is 0.373. The summed E-state index contributed by atoms with van der Waals surface area (Å²) in [7, 11) is 3.11. The normalized spacial score (nSPS) is 10.2. The highest BCUT2D eigenvalue weighted by Crippen LogP contribution is 2.36. The molecule has 3 nitrogen and oxygen atoms in total. The van der Waals surface area contributed by atoms with Crippen molar-refractivity contribution in [2.75, 3.05) is 14.2 Å². The molecule has 0 amide bonds. The van der Waals surface area contributed by atoms with Crippen LogP contribution in [0.15, 0.2) is 36.4 Å². The van der Waals surface area contributed by atoms with Crippen molar-refractivity contribution in [1.29, 1.82) is 0 Å². The second-order valence-electron chi connectivity index (χ2n) is 3.73. The molecule has 18 heavy (non-hydrogen) atoms. The van der Waals surface area contributed by atoms with E-state index in [1.807, 2.05) is 6.07 Å². The van der Waals surface area contributed by atoms with Crippen molar-refractivity contribution in [3.05, 3.63) is 41.4 Å². The lowest BCUT2D eigenvalue weighted by Gasteiger charge is -2.10. The van der Waals surface area contributed by atoms with Gasteiger partial charge in [0.1, 0.15) is 5.75 Å². The van der Waals surface area contributed by atoms with Gasteiger partial charge in [0.25, 0.3) is 0 Å². The standard InChI is InChI=1S/C14H13ClO3/c1-17-10-4-5-12(15)11(8-10)9-3-6-13(16)14(7-9)18-2/h3-8,16H,1-2H3. The van der Waals surface area contributed by atoms with Gasteiger partial charge < -0.3 is 14.6 Å². The van der Waals surface area contributed by atoms with E-state index in [4.69, 9.17) is 21.1 Å². The van der Waals surface area contributed by atoms with Crippen LogP contribution in [-0.4, -0.2) is 19.3 Å². The van der Waals surface area contributed by atoms with Gasteiger partial charge in [0.05, 0.1) is 14.2 Å². The van der Waals surface area contributed by atoms with Crippen LogP contribution in [-0.2, 0) is 0 Å². The highest BCUT2D eigenvalue weighted by atomic mass is 35.5. The van der Waals surface area contributed by atoms with Crippen LogP contribution in [0.1, 0.15) is 0 Å². The van der Waals surface area contributed by atoms with Crippen LogP contribution in [0.5, 0.6) is 17.2 Å². The van der Waals surface area contributed by atoms with Gasteiger partial charge in [-0.2, -0.15) is 0 Å². The number of ether oxygens (including phenoxy) is 2. The molecule has 2 aromatic carbocycles. The maximum Gasteiger partial charge on any atom is 0.161 e. The Labute approximate surface area is 111 Å². The monoisotopic (exact) mass is 264 g/mol. The molecular formula is C14H13ClO3. The van der Waals surface area contributed by atoms with E-state index in [0.29, 0.717) is 10.8 Å². The van der Waals surface area contributed by atoms with Gasteiger partial charge in [0.2, 0.25) is 0 Å². The van der Waals surface area contributed by atoms with E-state index in [1.54, 1.807) is 37.4 Å².